The summed E-state index contributed by atoms with van der Waals surface area (Å²) in [4.78, 5) is 23.9. The molecule has 0 spiro atoms. The average molecular weight is 470 g/mol. The third kappa shape index (κ3) is 8.74. The summed E-state index contributed by atoms with van der Waals surface area (Å²) in [5.41, 5.74) is -0.514. The summed E-state index contributed by atoms with van der Waals surface area (Å²) in [5, 5.41) is 0. The Kier molecular flexibility index (Phi) is 8.88. The minimum absolute atomic E-state index is 0.0146. The summed E-state index contributed by atoms with van der Waals surface area (Å²) >= 11 is 0. The maximum absolute atomic E-state index is 12.9. The molecule has 0 aliphatic heterocycles. The minimum Gasteiger partial charge on any atom is -0.490 e. The molecule has 0 fully saturated rings. The lowest BCUT2D eigenvalue weighted by atomic mass is 9.91. The van der Waals surface area contributed by atoms with Gasteiger partial charge in [0.2, 0.25) is 6.10 Å². The number of halogens is 3. The molecular weight excluding hydrogens is 445 g/mol. The van der Waals surface area contributed by atoms with E-state index in [1.165, 1.54) is 19.1 Å². The van der Waals surface area contributed by atoms with Crippen LogP contribution in [0.2, 0.25) is 0 Å². The molecular formula is C19H25F3O8S. The molecule has 8 nitrogen and oxygen atoms in total. The first-order valence-corrected chi connectivity index (χ1v) is 10.8. The van der Waals surface area contributed by atoms with Crippen molar-refractivity contribution < 1.29 is 49.9 Å². The van der Waals surface area contributed by atoms with E-state index >= 15 is 0 Å². The molecule has 176 valence electrons. The van der Waals surface area contributed by atoms with Gasteiger partial charge in [-0.25, -0.2) is 4.79 Å². The van der Waals surface area contributed by atoms with Gasteiger partial charge in [-0.3, -0.25) is 9.35 Å². The van der Waals surface area contributed by atoms with E-state index in [1.807, 2.05) is 6.92 Å². The first-order valence-electron chi connectivity index (χ1n) is 9.20. The molecule has 0 aliphatic carbocycles. The van der Waals surface area contributed by atoms with E-state index in [0.717, 1.165) is 6.07 Å². The van der Waals surface area contributed by atoms with Crippen LogP contribution in [0.3, 0.4) is 0 Å². The van der Waals surface area contributed by atoms with E-state index in [1.54, 1.807) is 13.8 Å². The number of benzene rings is 1. The zero-order chi connectivity index (χ0) is 24.0. The fourth-order valence-corrected chi connectivity index (χ4v) is 2.79. The van der Waals surface area contributed by atoms with Gasteiger partial charge in [0, 0.05) is 0 Å². The molecule has 0 bridgehead atoms. The molecule has 0 amide bonds. The molecule has 0 aliphatic rings. The van der Waals surface area contributed by atoms with Gasteiger partial charge in [-0.1, -0.05) is 6.92 Å². The van der Waals surface area contributed by atoms with Gasteiger partial charge in [-0.15, -0.1) is 0 Å². The molecule has 0 saturated carbocycles. The molecule has 0 aromatic heterocycles. The Bertz CT molecular complexity index is 894. The van der Waals surface area contributed by atoms with Crippen molar-refractivity contribution in [2.24, 2.45) is 5.41 Å². The quantitative estimate of drug-likeness (QED) is 0.315. The van der Waals surface area contributed by atoms with E-state index in [9.17, 15) is 31.2 Å². The second-order valence-electron chi connectivity index (χ2n) is 7.39. The van der Waals surface area contributed by atoms with Crippen LogP contribution in [0.15, 0.2) is 18.2 Å². The molecule has 1 unspecified atom stereocenters. The number of rotatable bonds is 10. The van der Waals surface area contributed by atoms with Gasteiger partial charge >= 0.3 is 18.1 Å². The molecule has 0 heterocycles. The Labute approximate surface area is 178 Å². The first-order chi connectivity index (χ1) is 14.1. The number of aryl methyl sites for hydroxylation is 1. The Morgan fingerprint density at radius 2 is 1.77 bits per heavy atom. The Hall–Kier alpha value is -2.34. The smallest absolute Gasteiger partial charge is 0.426 e. The summed E-state index contributed by atoms with van der Waals surface area (Å²) < 4.78 is 83.6. The van der Waals surface area contributed by atoms with Gasteiger partial charge in [0.15, 0.2) is 0 Å². The predicted octanol–water partition coefficient (Wildman–Crippen LogP) is 3.33. The SMILES string of the molecule is CCC(C)(C)C(=O)OCCOc1ccc(C(=O)OC(CS(=O)(=O)O)C(F)(F)F)cc1C. The van der Waals surface area contributed by atoms with E-state index in [-0.39, 0.29) is 24.7 Å². The zero-order valence-corrected chi connectivity index (χ0v) is 18.3. The highest BCUT2D eigenvalue weighted by Gasteiger charge is 2.45. The van der Waals surface area contributed by atoms with Crippen molar-refractivity contribution >= 4 is 22.1 Å². The van der Waals surface area contributed by atoms with Crippen molar-refractivity contribution in [2.75, 3.05) is 19.0 Å². The van der Waals surface area contributed by atoms with Crippen LogP contribution in [0.1, 0.15) is 43.1 Å². The average Bonchev–Trinajstić information content (AvgIpc) is 2.63. The standard InChI is InChI=1S/C19H25F3O8S/c1-5-18(3,4)17(24)29-9-8-28-14-7-6-13(10-12(14)2)16(23)30-15(19(20,21)22)11-31(25,26)27/h6-7,10,15H,5,8-9,11H2,1-4H3,(H,25,26,27). The normalized spacial score (nSPS) is 13.4. The highest BCUT2D eigenvalue weighted by molar-refractivity contribution is 7.85. The summed E-state index contributed by atoms with van der Waals surface area (Å²) in [6.45, 7) is 6.87. The lowest BCUT2D eigenvalue weighted by Crippen LogP contribution is -2.39. The lowest BCUT2D eigenvalue weighted by molar-refractivity contribution is -0.197. The highest BCUT2D eigenvalue weighted by Crippen LogP contribution is 2.26. The third-order valence-electron chi connectivity index (χ3n) is 4.40. The summed E-state index contributed by atoms with van der Waals surface area (Å²) in [7, 11) is -5.03. The van der Waals surface area contributed by atoms with Crippen LogP contribution in [-0.2, 0) is 24.4 Å². The van der Waals surface area contributed by atoms with E-state index in [0.29, 0.717) is 17.7 Å². The van der Waals surface area contributed by atoms with Crippen molar-refractivity contribution in [3.05, 3.63) is 29.3 Å². The van der Waals surface area contributed by atoms with Crippen LogP contribution >= 0.6 is 0 Å². The van der Waals surface area contributed by atoms with Crippen LogP contribution < -0.4 is 4.74 Å². The maximum atomic E-state index is 12.9. The molecule has 1 aromatic rings. The van der Waals surface area contributed by atoms with E-state index in [4.69, 9.17) is 14.0 Å². The number of carbonyl (C=O) groups is 2. The van der Waals surface area contributed by atoms with E-state index < -0.39 is 39.5 Å². The van der Waals surface area contributed by atoms with Crippen LogP contribution in [0.5, 0.6) is 5.75 Å². The topological polar surface area (TPSA) is 116 Å². The largest absolute Gasteiger partial charge is 0.490 e. The van der Waals surface area contributed by atoms with Gasteiger partial charge in [-0.2, -0.15) is 21.6 Å². The van der Waals surface area contributed by atoms with Crippen molar-refractivity contribution in [3.63, 3.8) is 0 Å². The van der Waals surface area contributed by atoms with Gasteiger partial charge in [0.05, 0.1) is 11.0 Å². The van der Waals surface area contributed by atoms with Gasteiger partial charge in [0.25, 0.3) is 10.1 Å². The number of hydrogen-bond donors (Lipinski definition) is 1. The Morgan fingerprint density at radius 1 is 1.16 bits per heavy atom. The van der Waals surface area contributed by atoms with Crippen LogP contribution in [-0.4, -0.2) is 56.2 Å². The lowest BCUT2D eigenvalue weighted by Gasteiger charge is -2.20. The predicted molar refractivity (Wildman–Crippen MR) is 103 cm³/mol. The summed E-state index contributed by atoms with van der Waals surface area (Å²) in [6.07, 6.45) is -7.61. The second kappa shape index (κ2) is 10.3. The molecule has 1 aromatic carbocycles. The van der Waals surface area contributed by atoms with Crippen molar-refractivity contribution in [1.29, 1.82) is 0 Å². The fourth-order valence-electron chi connectivity index (χ4n) is 2.15. The maximum Gasteiger partial charge on any atom is 0.426 e. The second-order valence-corrected chi connectivity index (χ2v) is 8.88. The van der Waals surface area contributed by atoms with Crippen molar-refractivity contribution in [3.8, 4) is 5.75 Å². The number of hydrogen-bond acceptors (Lipinski definition) is 7. The first kappa shape index (κ1) is 26.7. The van der Waals surface area contributed by atoms with Crippen LogP contribution in [0, 0.1) is 12.3 Å². The molecule has 12 heteroatoms. The molecule has 0 saturated heterocycles. The molecule has 1 rings (SSSR count). The Balaban J connectivity index is 2.74. The molecule has 1 N–H and O–H groups in total. The summed E-state index contributed by atoms with van der Waals surface area (Å²) in [5.74, 6) is -3.31. The minimum atomic E-state index is -5.19. The van der Waals surface area contributed by atoms with Crippen LogP contribution in [0.4, 0.5) is 13.2 Å². The van der Waals surface area contributed by atoms with Gasteiger partial charge in [0.1, 0.15) is 24.7 Å². The van der Waals surface area contributed by atoms with Crippen LogP contribution in [0.25, 0.3) is 0 Å². The monoisotopic (exact) mass is 470 g/mol. The third-order valence-corrected chi connectivity index (χ3v) is 5.12. The molecule has 1 atom stereocenters. The van der Waals surface area contributed by atoms with Crippen molar-refractivity contribution in [1.82, 2.24) is 0 Å². The van der Waals surface area contributed by atoms with E-state index in [2.05, 4.69) is 4.74 Å². The zero-order valence-electron chi connectivity index (χ0n) is 17.5. The number of alkyl halides is 3. The van der Waals surface area contributed by atoms with Gasteiger partial charge < -0.3 is 14.2 Å². The molecule has 0 radical (unpaired) electrons. The molecule has 31 heavy (non-hydrogen) atoms. The summed E-state index contributed by atoms with van der Waals surface area (Å²) in [6, 6.07) is 3.65. The Morgan fingerprint density at radius 3 is 2.26 bits per heavy atom. The van der Waals surface area contributed by atoms with Crippen molar-refractivity contribution in [2.45, 2.75) is 46.4 Å². The highest BCUT2D eigenvalue weighted by atomic mass is 32.2. The number of carbonyl (C=O) groups excluding carboxylic acids is 2. The number of ether oxygens (including phenoxy) is 3. The number of esters is 2. The van der Waals surface area contributed by atoms with Gasteiger partial charge in [-0.05, 0) is 51.0 Å². The fraction of sp³-hybridized carbons (Fsp3) is 0.579.